The van der Waals surface area contributed by atoms with Crippen molar-refractivity contribution in [2.45, 2.75) is 45.6 Å². The van der Waals surface area contributed by atoms with Gasteiger partial charge in [-0.05, 0) is 57.6 Å². The van der Waals surface area contributed by atoms with Gasteiger partial charge in [0.15, 0.2) is 5.96 Å². The molecule has 1 aromatic carbocycles. The van der Waals surface area contributed by atoms with Crippen molar-refractivity contribution in [3.8, 4) is 0 Å². The van der Waals surface area contributed by atoms with Crippen molar-refractivity contribution in [2.24, 2.45) is 10.9 Å². The second-order valence-corrected chi connectivity index (χ2v) is 8.39. The van der Waals surface area contributed by atoms with Gasteiger partial charge in [0.25, 0.3) is 0 Å². The fraction of sp³-hybridized carbons (Fsp3) is 0.619. The molecule has 1 N–H and O–H groups in total. The number of hydrogen-bond acceptors (Lipinski definition) is 3. The number of guanidine groups is 1. The van der Waals surface area contributed by atoms with Crippen molar-refractivity contribution < 1.29 is 9.53 Å². The molecule has 156 valence electrons. The lowest BCUT2D eigenvalue weighted by molar-refractivity contribution is 0.0168. The number of anilines is 1. The molecule has 2 aliphatic rings. The molecule has 6 nitrogen and oxygen atoms in total. The Morgan fingerprint density at radius 1 is 1.29 bits per heavy atom. The van der Waals surface area contributed by atoms with Gasteiger partial charge in [0.05, 0.1) is 0 Å². The monoisotopic (exact) mass is 500 g/mol. The minimum atomic E-state index is -0.451. The van der Waals surface area contributed by atoms with Gasteiger partial charge < -0.3 is 19.9 Å². The van der Waals surface area contributed by atoms with Crippen LogP contribution in [0.5, 0.6) is 0 Å². The number of hydrogen-bond donors (Lipinski definition) is 1. The summed E-state index contributed by atoms with van der Waals surface area (Å²) in [6.45, 7) is 9.00. The largest absolute Gasteiger partial charge is 0.444 e. The SMILES string of the molecule is CN=C(NCC1CCCN(C(=O)OC(C)(C)C)C1)N1CCc2ccccc21.I. The summed E-state index contributed by atoms with van der Waals surface area (Å²) in [5.74, 6) is 1.32. The second kappa shape index (κ2) is 9.80. The fourth-order valence-electron chi connectivity index (χ4n) is 3.81. The molecule has 0 radical (unpaired) electrons. The van der Waals surface area contributed by atoms with E-state index in [0.29, 0.717) is 5.92 Å². The summed E-state index contributed by atoms with van der Waals surface area (Å²) in [5.41, 5.74) is 2.16. The maximum atomic E-state index is 12.4. The zero-order valence-corrected chi connectivity index (χ0v) is 19.7. The topological polar surface area (TPSA) is 57.2 Å². The Balaban J connectivity index is 0.00000280. The van der Waals surface area contributed by atoms with Gasteiger partial charge in [0.1, 0.15) is 5.60 Å². The second-order valence-electron chi connectivity index (χ2n) is 8.39. The Bertz CT molecular complexity index is 702. The number of ether oxygens (including phenoxy) is 1. The first-order valence-electron chi connectivity index (χ1n) is 9.91. The number of amides is 1. The molecule has 28 heavy (non-hydrogen) atoms. The van der Waals surface area contributed by atoms with Crippen molar-refractivity contribution in [2.75, 3.05) is 38.1 Å². The van der Waals surface area contributed by atoms with Gasteiger partial charge in [-0.1, -0.05) is 18.2 Å². The van der Waals surface area contributed by atoms with Crippen molar-refractivity contribution in [3.05, 3.63) is 29.8 Å². The Kier molecular flexibility index (Phi) is 7.97. The third-order valence-corrected chi connectivity index (χ3v) is 5.07. The van der Waals surface area contributed by atoms with E-state index in [0.717, 1.165) is 51.4 Å². The highest BCUT2D eigenvalue weighted by atomic mass is 127. The summed E-state index contributed by atoms with van der Waals surface area (Å²) in [5, 5.41) is 3.53. The van der Waals surface area contributed by atoms with Gasteiger partial charge in [-0.25, -0.2) is 4.79 Å². The number of carbonyl (C=O) groups excluding carboxylic acids is 1. The number of nitrogens with one attached hydrogen (secondary N) is 1. The number of rotatable bonds is 2. The molecule has 0 aliphatic carbocycles. The van der Waals surface area contributed by atoms with Crippen LogP contribution in [0.2, 0.25) is 0 Å². The van der Waals surface area contributed by atoms with E-state index in [1.165, 1.54) is 11.3 Å². The lowest BCUT2D eigenvalue weighted by atomic mass is 9.98. The van der Waals surface area contributed by atoms with Crippen LogP contribution in [0.25, 0.3) is 0 Å². The number of nitrogens with zero attached hydrogens (tertiary/aromatic N) is 3. The van der Waals surface area contributed by atoms with Gasteiger partial charge in [-0.2, -0.15) is 0 Å². The van der Waals surface area contributed by atoms with E-state index in [9.17, 15) is 4.79 Å². The molecule has 2 aliphatic heterocycles. The van der Waals surface area contributed by atoms with Gasteiger partial charge >= 0.3 is 6.09 Å². The summed E-state index contributed by atoms with van der Waals surface area (Å²) in [6, 6.07) is 8.50. The third kappa shape index (κ3) is 5.75. The molecule has 1 amide bonds. The highest BCUT2D eigenvalue weighted by molar-refractivity contribution is 14.0. The van der Waals surface area contributed by atoms with Crippen LogP contribution >= 0.6 is 24.0 Å². The molecule has 1 aromatic rings. The predicted octanol–water partition coefficient (Wildman–Crippen LogP) is 3.89. The predicted molar refractivity (Wildman–Crippen MR) is 125 cm³/mol. The van der Waals surface area contributed by atoms with Crippen LogP contribution in [0.15, 0.2) is 29.3 Å². The average Bonchev–Trinajstić information content (AvgIpc) is 3.05. The van der Waals surface area contributed by atoms with Crippen LogP contribution in [0.1, 0.15) is 39.2 Å². The minimum Gasteiger partial charge on any atom is -0.444 e. The van der Waals surface area contributed by atoms with Crippen LogP contribution in [-0.4, -0.2) is 55.8 Å². The molecule has 1 atom stereocenters. The van der Waals surface area contributed by atoms with Gasteiger partial charge in [0.2, 0.25) is 0 Å². The molecule has 1 fully saturated rings. The maximum absolute atomic E-state index is 12.4. The Labute approximate surface area is 185 Å². The minimum absolute atomic E-state index is 0. The van der Waals surface area contributed by atoms with Crippen molar-refractivity contribution in [3.63, 3.8) is 0 Å². The maximum Gasteiger partial charge on any atom is 0.410 e. The normalized spacial score (nSPS) is 19.7. The van der Waals surface area contributed by atoms with Crippen molar-refractivity contribution in [1.29, 1.82) is 0 Å². The quantitative estimate of drug-likeness (QED) is 0.381. The van der Waals surface area contributed by atoms with Crippen LogP contribution in [0.4, 0.5) is 10.5 Å². The zero-order chi connectivity index (χ0) is 19.4. The Hall–Kier alpha value is -1.51. The fourth-order valence-corrected chi connectivity index (χ4v) is 3.81. The molecule has 0 spiro atoms. The molecule has 1 unspecified atom stereocenters. The number of piperidine rings is 1. The van der Waals surface area contributed by atoms with Crippen molar-refractivity contribution >= 4 is 41.7 Å². The lowest BCUT2D eigenvalue weighted by Gasteiger charge is -2.34. The number of likely N-dealkylation sites (tertiary alicyclic amines) is 1. The average molecular weight is 500 g/mol. The summed E-state index contributed by atoms with van der Waals surface area (Å²) in [6.07, 6.45) is 2.97. The molecule has 0 bridgehead atoms. The van der Waals surface area contributed by atoms with E-state index in [1.54, 1.807) is 0 Å². The molecule has 2 heterocycles. The molecular formula is C21H33IN4O2. The first-order valence-corrected chi connectivity index (χ1v) is 9.91. The number of para-hydroxylation sites is 1. The number of halogens is 1. The van der Waals surface area contributed by atoms with E-state index in [2.05, 4.69) is 39.5 Å². The number of benzene rings is 1. The van der Waals surface area contributed by atoms with Crippen LogP contribution in [0.3, 0.4) is 0 Å². The molecule has 0 aromatic heterocycles. The first-order chi connectivity index (χ1) is 12.9. The lowest BCUT2D eigenvalue weighted by Crippen LogP contribution is -2.48. The van der Waals surface area contributed by atoms with Crippen molar-refractivity contribution in [1.82, 2.24) is 10.2 Å². The first kappa shape index (κ1) is 22.8. The van der Waals surface area contributed by atoms with E-state index in [-0.39, 0.29) is 30.1 Å². The summed E-state index contributed by atoms with van der Waals surface area (Å²) < 4.78 is 5.53. The van der Waals surface area contributed by atoms with E-state index in [4.69, 9.17) is 4.74 Å². The van der Waals surface area contributed by atoms with E-state index in [1.807, 2.05) is 32.7 Å². The van der Waals surface area contributed by atoms with Gasteiger partial charge in [-0.15, -0.1) is 24.0 Å². The molecule has 3 rings (SSSR count). The van der Waals surface area contributed by atoms with Crippen LogP contribution in [0, 0.1) is 5.92 Å². The van der Waals surface area contributed by atoms with E-state index < -0.39 is 5.60 Å². The smallest absolute Gasteiger partial charge is 0.410 e. The summed E-state index contributed by atoms with van der Waals surface area (Å²) in [4.78, 5) is 20.9. The Morgan fingerprint density at radius 2 is 2.04 bits per heavy atom. The Morgan fingerprint density at radius 3 is 2.75 bits per heavy atom. The van der Waals surface area contributed by atoms with Crippen LogP contribution < -0.4 is 10.2 Å². The van der Waals surface area contributed by atoms with E-state index >= 15 is 0 Å². The molecule has 7 heteroatoms. The molecule has 1 saturated heterocycles. The number of fused-ring (bicyclic) bond motifs is 1. The highest BCUT2D eigenvalue weighted by Gasteiger charge is 2.28. The molecular weight excluding hydrogens is 467 g/mol. The summed E-state index contributed by atoms with van der Waals surface area (Å²) >= 11 is 0. The van der Waals surface area contributed by atoms with Gasteiger partial charge in [0, 0.05) is 38.9 Å². The zero-order valence-electron chi connectivity index (χ0n) is 17.4. The molecule has 0 saturated carbocycles. The number of aliphatic imine (C=N–C) groups is 1. The number of carbonyl (C=O) groups is 1. The third-order valence-electron chi connectivity index (χ3n) is 5.07. The highest BCUT2D eigenvalue weighted by Crippen LogP contribution is 2.27. The van der Waals surface area contributed by atoms with Crippen LogP contribution in [-0.2, 0) is 11.2 Å². The standard InChI is InChI=1S/C21H32N4O2.HI/c1-21(2,3)27-20(26)24-12-7-8-16(15-24)14-23-19(22-4)25-13-11-17-9-5-6-10-18(17)25;/h5-6,9-10,16H,7-8,11-15H2,1-4H3,(H,22,23);1H. The van der Waals surface area contributed by atoms with Gasteiger partial charge in [-0.3, -0.25) is 4.99 Å². The summed E-state index contributed by atoms with van der Waals surface area (Å²) in [7, 11) is 1.83.